The molecule has 0 aliphatic carbocycles. The maximum atomic E-state index is 6.30. The highest BCUT2D eigenvalue weighted by atomic mass is 35.5. The molecule has 17 heavy (non-hydrogen) atoms. The van der Waals surface area contributed by atoms with Crippen LogP contribution in [0.2, 0.25) is 5.02 Å². The second-order valence-corrected chi connectivity index (χ2v) is 4.99. The molecule has 0 spiro atoms. The number of hydrogen-bond acceptors (Lipinski definition) is 2. The normalized spacial score (nSPS) is 12.5. The van der Waals surface area contributed by atoms with E-state index in [4.69, 9.17) is 17.3 Å². The van der Waals surface area contributed by atoms with Gasteiger partial charge in [0, 0.05) is 19.6 Å². The third kappa shape index (κ3) is 4.21. The van der Waals surface area contributed by atoms with Gasteiger partial charge in [-0.3, -0.25) is 0 Å². The molecule has 1 rings (SSSR count). The van der Waals surface area contributed by atoms with Crippen LogP contribution in [0.5, 0.6) is 0 Å². The van der Waals surface area contributed by atoms with Crippen molar-refractivity contribution in [1.82, 2.24) is 0 Å². The van der Waals surface area contributed by atoms with Crippen molar-refractivity contribution in [2.75, 3.05) is 18.5 Å². The van der Waals surface area contributed by atoms with Gasteiger partial charge in [0.05, 0.1) is 10.7 Å². The zero-order chi connectivity index (χ0) is 12.8. The molecule has 1 unspecified atom stereocenters. The highest BCUT2D eigenvalue weighted by Gasteiger charge is 2.08. The van der Waals surface area contributed by atoms with Crippen molar-refractivity contribution in [1.29, 1.82) is 0 Å². The number of nitrogens with two attached hydrogens (primary N) is 1. The van der Waals surface area contributed by atoms with E-state index in [-0.39, 0.29) is 6.04 Å². The van der Waals surface area contributed by atoms with Crippen molar-refractivity contribution < 1.29 is 0 Å². The van der Waals surface area contributed by atoms with Gasteiger partial charge in [0.1, 0.15) is 0 Å². The number of benzene rings is 1. The molecule has 0 aromatic heterocycles. The SMILES string of the molecule is CCCN(C)c1ccc(CC(N)CC)cc1Cl. The molecule has 0 radical (unpaired) electrons. The van der Waals surface area contributed by atoms with Crippen LogP contribution in [-0.4, -0.2) is 19.6 Å². The van der Waals surface area contributed by atoms with Gasteiger partial charge in [0.2, 0.25) is 0 Å². The first-order chi connectivity index (χ1) is 8.08. The summed E-state index contributed by atoms with van der Waals surface area (Å²) in [6.07, 6.45) is 3.01. The fraction of sp³-hybridized carbons (Fsp3) is 0.571. The van der Waals surface area contributed by atoms with Gasteiger partial charge in [-0.1, -0.05) is 31.5 Å². The summed E-state index contributed by atoms with van der Waals surface area (Å²) in [5.74, 6) is 0. The maximum Gasteiger partial charge on any atom is 0.0642 e. The van der Waals surface area contributed by atoms with Gasteiger partial charge in [0.25, 0.3) is 0 Å². The molecule has 0 bridgehead atoms. The largest absolute Gasteiger partial charge is 0.373 e. The molecule has 1 aromatic carbocycles. The Morgan fingerprint density at radius 2 is 2.06 bits per heavy atom. The fourth-order valence-electron chi connectivity index (χ4n) is 1.89. The molecule has 0 heterocycles. The standard InChI is InChI=1S/C14H23ClN2/c1-4-8-17(3)14-7-6-11(10-13(14)15)9-12(16)5-2/h6-7,10,12H,4-5,8-9,16H2,1-3H3. The van der Waals surface area contributed by atoms with Gasteiger partial charge >= 0.3 is 0 Å². The summed E-state index contributed by atoms with van der Waals surface area (Å²) in [4.78, 5) is 2.19. The van der Waals surface area contributed by atoms with Crippen molar-refractivity contribution >= 4 is 17.3 Å². The van der Waals surface area contributed by atoms with Crippen LogP contribution in [0.3, 0.4) is 0 Å². The summed E-state index contributed by atoms with van der Waals surface area (Å²) < 4.78 is 0. The topological polar surface area (TPSA) is 29.3 Å². The van der Waals surface area contributed by atoms with Crippen molar-refractivity contribution in [3.05, 3.63) is 28.8 Å². The molecule has 0 saturated heterocycles. The van der Waals surface area contributed by atoms with Crippen LogP contribution >= 0.6 is 11.6 Å². The molecule has 3 heteroatoms. The first-order valence-corrected chi connectivity index (χ1v) is 6.71. The van der Waals surface area contributed by atoms with Crippen molar-refractivity contribution in [3.8, 4) is 0 Å². The number of halogens is 1. The molecule has 0 fully saturated rings. The smallest absolute Gasteiger partial charge is 0.0642 e. The fourth-order valence-corrected chi connectivity index (χ4v) is 2.24. The van der Waals surface area contributed by atoms with Crippen LogP contribution in [0.1, 0.15) is 32.3 Å². The highest BCUT2D eigenvalue weighted by molar-refractivity contribution is 6.33. The molecule has 2 N–H and O–H groups in total. The van der Waals surface area contributed by atoms with Gasteiger partial charge in [-0.2, -0.15) is 0 Å². The summed E-state index contributed by atoms with van der Waals surface area (Å²) >= 11 is 6.30. The summed E-state index contributed by atoms with van der Waals surface area (Å²) in [6, 6.07) is 6.49. The van der Waals surface area contributed by atoms with Gasteiger partial charge in [-0.25, -0.2) is 0 Å². The minimum Gasteiger partial charge on any atom is -0.373 e. The molecule has 96 valence electrons. The summed E-state index contributed by atoms with van der Waals surface area (Å²) in [6.45, 7) is 5.29. The number of anilines is 1. The van der Waals surface area contributed by atoms with E-state index in [2.05, 4.69) is 37.9 Å². The Bertz CT molecular complexity index is 352. The van der Waals surface area contributed by atoms with Crippen LogP contribution < -0.4 is 10.6 Å². The van der Waals surface area contributed by atoms with Crippen LogP contribution in [0.4, 0.5) is 5.69 Å². The minimum absolute atomic E-state index is 0.227. The molecule has 1 atom stereocenters. The van der Waals surface area contributed by atoms with Crippen LogP contribution in [0.15, 0.2) is 18.2 Å². The lowest BCUT2D eigenvalue weighted by atomic mass is 10.0. The van der Waals surface area contributed by atoms with E-state index in [1.807, 2.05) is 6.07 Å². The van der Waals surface area contributed by atoms with E-state index in [0.29, 0.717) is 0 Å². The van der Waals surface area contributed by atoms with E-state index in [1.54, 1.807) is 0 Å². The van der Waals surface area contributed by atoms with Crippen LogP contribution in [-0.2, 0) is 6.42 Å². The second-order valence-electron chi connectivity index (χ2n) is 4.58. The third-order valence-electron chi connectivity index (χ3n) is 3.00. The lowest BCUT2D eigenvalue weighted by molar-refractivity contribution is 0.646. The predicted molar refractivity (Wildman–Crippen MR) is 77.0 cm³/mol. The van der Waals surface area contributed by atoms with Crippen molar-refractivity contribution in [3.63, 3.8) is 0 Å². The monoisotopic (exact) mass is 254 g/mol. The Morgan fingerprint density at radius 3 is 2.59 bits per heavy atom. The lowest BCUT2D eigenvalue weighted by Crippen LogP contribution is -2.21. The van der Waals surface area contributed by atoms with Gasteiger partial charge in [-0.15, -0.1) is 0 Å². The Labute approximate surface area is 110 Å². The number of hydrogen-bond donors (Lipinski definition) is 1. The Hall–Kier alpha value is -0.730. The quantitative estimate of drug-likeness (QED) is 0.842. The van der Waals surface area contributed by atoms with E-state index in [1.165, 1.54) is 5.56 Å². The Morgan fingerprint density at radius 1 is 1.35 bits per heavy atom. The van der Waals surface area contributed by atoms with E-state index in [9.17, 15) is 0 Å². The molecular weight excluding hydrogens is 232 g/mol. The van der Waals surface area contributed by atoms with Crippen LogP contribution in [0, 0.1) is 0 Å². The average molecular weight is 255 g/mol. The second kappa shape index (κ2) is 6.87. The first kappa shape index (κ1) is 14.3. The molecule has 0 aliphatic rings. The highest BCUT2D eigenvalue weighted by Crippen LogP contribution is 2.26. The zero-order valence-electron chi connectivity index (χ0n) is 11.0. The van der Waals surface area contributed by atoms with Crippen molar-refractivity contribution in [2.24, 2.45) is 5.73 Å². The average Bonchev–Trinajstić information content (AvgIpc) is 2.29. The van der Waals surface area contributed by atoms with Crippen molar-refractivity contribution in [2.45, 2.75) is 39.2 Å². The molecule has 0 saturated carbocycles. The zero-order valence-corrected chi connectivity index (χ0v) is 11.8. The van der Waals surface area contributed by atoms with Gasteiger partial charge in [-0.05, 0) is 37.0 Å². The third-order valence-corrected chi connectivity index (χ3v) is 3.31. The maximum absolute atomic E-state index is 6.30. The molecule has 0 amide bonds. The van der Waals surface area contributed by atoms with Gasteiger partial charge in [0.15, 0.2) is 0 Å². The Balaban J connectivity index is 2.78. The minimum atomic E-state index is 0.227. The molecule has 2 nitrogen and oxygen atoms in total. The molecule has 0 aliphatic heterocycles. The summed E-state index contributed by atoms with van der Waals surface area (Å²) in [7, 11) is 2.07. The lowest BCUT2D eigenvalue weighted by Gasteiger charge is -2.20. The predicted octanol–water partition coefficient (Wildman–Crippen LogP) is 3.47. The molecular formula is C14H23ClN2. The number of rotatable bonds is 6. The van der Waals surface area contributed by atoms with E-state index < -0.39 is 0 Å². The van der Waals surface area contributed by atoms with E-state index in [0.717, 1.165) is 36.5 Å². The molecule has 1 aromatic rings. The van der Waals surface area contributed by atoms with Gasteiger partial charge < -0.3 is 10.6 Å². The summed E-state index contributed by atoms with van der Waals surface area (Å²) in [5, 5.41) is 0.821. The first-order valence-electron chi connectivity index (χ1n) is 6.33. The summed E-state index contributed by atoms with van der Waals surface area (Å²) in [5.41, 5.74) is 8.27. The van der Waals surface area contributed by atoms with E-state index >= 15 is 0 Å². The number of nitrogens with zero attached hydrogens (tertiary/aromatic N) is 1. The Kier molecular flexibility index (Phi) is 5.79. The van der Waals surface area contributed by atoms with Crippen LogP contribution in [0.25, 0.3) is 0 Å².